The van der Waals surface area contributed by atoms with Crippen LogP contribution in [0.1, 0.15) is 17.0 Å². The number of oxime groups is 1. The summed E-state index contributed by atoms with van der Waals surface area (Å²) in [5.41, 5.74) is 7.85. The van der Waals surface area contributed by atoms with Gasteiger partial charge in [-0.15, -0.1) is 0 Å². The molecule has 0 atom stereocenters. The molecular weight excluding hydrogens is 324 g/mol. The number of hydrogen-bond donors (Lipinski definition) is 2. The lowest BCUT2D eigenvalue weighted by atomic mass is 10.2. The molecule has 0 aliphatic carbocycles. The number of amidine groups is 1. The smallest absolute Gasteiger partial charge is 0.173 e. The number of aryl methyl sites for hydroxylation is 2. The fourth-order valence-corrected chi connectivity index (χ4v) is 2.20. The van der Waals surface area contributed by atoms with E-state index >= 15 is 0 Å². The van der Waals surface area contributed by atoms with E-state index < -0.39 is 0 Å². The second kappa shape index (κ2) is 5.54. The van der Waals surface area contributed by atoms with Crippen LogP contribution in [0.25, 0.3) is 0 Å². The molecule has 0 saturated heterocycles. The summed E-state index contributed by atoms with van der Waals surface area (Å²) < 4.78 is 8.49. The van der Waals surface area contributed by atoms with Crippen molar-refractivity contribution in [1.82, 2.24) is 9.78 Å². The minimum Gasteiger partial charge on any atom is -0.453 e. The Bertz CT molecular complexity index is 679. The van der Waals surface area contributed by atoms with Crippen LogP contribution in [0, 0.1) is 13.8 Å². The highest BCUT2D eigenvalue weighted by atomic mass is 79.9. The van der Waals surface area contributed by atoms with Crippen LogP contribution in [-0.4, -0.2) is 20.8 Å². The van der Waals surface area contributed by atoms with Gasteiger partial charge in [0.2, 0.25) is 0 Å². The van der Waals surface area contributed by atoms with E-state index in [-0.39, 0.29) is 5.84 Å². The van der Waals surface area contributed by atoms with Crippen molar-refractivity contribution in [3.8, 4) is 11.5 Å². The van der Waals surface area contributed by atoms with E-state index in [9.17, 15) is 0 Å². The van der Waals surface area contributed by atoms with Crippen molar-refractivity contribution in [2.45, 2.75) is 13.8 Å². The summed E-state index contributed by atoms with van der Waals surface area (Å²) in [6.45, 7) is 3.78. The Morgan fingerprint density at radius 3 is 2.70 bits per heavy atom. The van der Waals surface area contributed by atoms with Gasteiger partial charge in [0, 0.05) is 11.5 Å². The van der Waals surface area contributed by atoms with E-state index in [2.05, 4.69) is 26.2 Å². The van der Waals surface area contributed by atoms with Crippen LogP contribution >= 0.6 is 15.9 Å². The highest BCUT2D eigenvalue weighted by Gasteiger charge is 2.16. The topological polar surface area (TPSA) is 85.7 Å². The molecule has 0 aliphatic heterocycles. The molecule has 1 aromatic heterocycles. The summed E-state index contributed by atoms with van der Waals surface area (Å²) in [5.74, 6) is 1.15. The highest BCUT2D eigenvalue weighted by Crippen LogP contribution is 2.32. The summed E-state index contributed by atoms with van der Waals surface area (Å²) in [5, 5.41) is 16.2. The molecule has 2 rings (SSSR count). The standard InChI is InChI=1S/C13H15BrN4O2/c1-7-12(8(2)18(3)16-7)20-11-6-9(14)4-5-10(11)13(15)17-19/h4-6,19H,1-3H3,(H2,15,17). The molecule has 0 spiro atoms. The molecule has 1 aromatic carbocycles. The molecule has 0 fully saturated rings. The van der Waals surface area contributed by atoms with Crippen LogP contribution < -0.4 is 10.5 Å². The second-order valence-electron chi connectivity index (χ2n) is 4.35. The van der Waals surface area contributed by atoms with Crippen LogP contribution in [0.15, 0.2) is 27.8 Å². The third-order valence-electron chi connectivity index (χ3n) is 2.98. The fourth-order valence-electron chi connectivity index (χ4n) is 1.86. The van der Waals surface area contributed by atoms with Crippen LogP contribution in [0.4, 0.5) is 0 Å². The van der Waals surface area contributed by atoms with Gasteiger partial charge in [0.25, 0.3) is 0 Å². The minimum atomic E-state index is -0.00769. The van der Waals surface area contributed by atoms with Gasteiger partial charge in [0.1, 0.15) is 11.4 Å². The number of nitrogens with zero attached hydrogens (tertiary/aromatic N) is 3. The lowest BCUT2D eigenvalue weighted by Crippen LogP contribution is -2.14. The maximum absolute atomic E-state index is 8.84. The number of halogens is 1. The number of ether oxygens (including phenoxy) is 1. The zero-order valence-corrected chi connectivity index (χ0v) is 13.0. The first kappa shape index (κ1) is 14.4. The molecule has 7 heteroatoms. The van der Waals surface area contributed by atoms with Crippen molar-refractivity contribution in [1.29, 1.82) is 0 Å². The van der Waals surface area contributed by atoms with E-state index in [0.29, 0.717) is 17.1 Å². The maximum Gasteiger partial charge on any atom is 0.173 e. The molecule has 20 heavy (non-hydrogen) atoms. The molecule has 0 radical (unpaired) electrons. The van der Waals surface area contributed by atoms with Gasteiger partial charge in [-0.05, 0) is 32.0 Å². The molecule has 3 N–H and O–H groups in total. The Kier molecular flexibility index (Phi) is 3.99. The molecule has 2 aromatic rings. The zero-order valence-electron chi connectivity index (χ0n) is 11.4. The fraction of sp³-hybridized carbons (Fsp3) is 0.231. The van der Waals surface area contributed by atoms with Gasteiger partial charge in [0.05, 0.1) is 11.3 Å². The van der Waals surface area contributed by atoms with E-state index in [4.69, 9.17) is 15.7 Å². The molecule has 0 saturated carbocycles. The first-order chi connectivity index (χ1) is 9.43. The Morgan fingerprint density at radius 1 is 1.45 bits per heavy atom. The van der Waals surface area contributed by atoms with Crippen molar-refractivity contribution in [2.75, 3.05) is 0 Å². The SMILES string of the molecule is Cc1nn(C)c(C)c1Oc1cc(Br)ccc1/C(N)=N/O. The molecule has 0 unspecified atom stereocenters. The third-order valence-corrected chi connectivity index (χ3v) is 3.48. The van der Waals surface area contributed by atoms with Crippen LogP contribution in [0.3, 0.4) is 0 Å². The second-order valence-corrected chi connectivity index (χ2v) is 5.27. The number of benzene rings is 1. The molecule has 1 heterocycles. The number of rotatable bonds is 3. The van der Waals surface area contributed by atoms with Crippen molar-refractivity contribution < 1.29 is 9.94 Å². The summed E-state index contributed by atoms with van der Waals surface area (Å²) in [6, 6.07) is 5.28. The monoisotopic (exact) mass is 338 g/mol. The van der Waals surface area contributed by atoms with Gasteiger partial charge in [-0.25, -0.2) is 0 Å². The van der Waals surface area contributed by atoms with Crippen LogP contribution in [0.5, 0.6) is 11.5 Å². The number of aromatic nitrogens is 2. The van der Waals surface area contributed by atoms with Gasteiger partial charge in [-0.3, -0.25) is 4.68 Å². The quantitative estimate of drug-likeness (QED) is 0.390. The number of hydrogen-bond acceptors (Lipinski definition) is 4. The highest BCUT2D eigenvalue weighted by molar-refractivity contribution is 9.10. The van der Waals surface area contributed by atoms with Gasteiger partial charge in [-0.1, -0.05) is 21.1 Å². The summed E-state index contributed by atoms with van der Waals surface area (Å²) in [7, 11) is 1.85. The van der Waals surface area contributed by atoms with Crippen LogP contribution in [0.2, 0.25) is 0 Å². The predicted molar refractivity (Wildman–Crippen MR) is 79.4 cm³/mol. The largest absolute Gasteiger partial charge is 0.453 e. The van der Waals surface area contributed by atoms with Crippen molar-refractivity contribution in [3.63, 3.8) is 0 Å². The van der Waals surface area contributed by atoms with Crippen LogP contribution in [-0.2, 0) is 7.05 Å². The summed E-state index contributed by atoms with van der Waals surface area (Å²) in [4.78, 5) is 0. The van der Waals surface area contributed by atoms with E-state index in [1.807, 2.05) is 20.9 Å². The lowest BCUT2D eigenvalue weighted by molar-refractivity contribution is 0.318. The number of nitrogens with two attached hydrogens (primary N) is 1. The van der Waals surface area contributed by atoms with Gasteiger partial charge in [-0.2, -0.15) is 5.10 Å². The predicted octanol–water partition coefficient (Wildman–Crippen LogP) is 2.69. The van der Waals surface area contributed by atoms with Gasteiger partial charge in [0.15, 0.2) is 11.6 Å². The lowest BCUT2D eigenvalue weighted by Gasteiger charge is -2.11. The molecular formula is C13H15BrN4O2. The Hall–Kier alpha value is -2.02. The first-order valence-electron chi connectivity index (χ1n) is 5.89. The molecule has 0 bridgehead atoms. The van der Waals surface area contributed by atoms with E-state index in [1.165, 1.54) is 0 Å². The average Bonchev–Trinajstić information content (AvgIpc) is 2.65. The molecule has 6 nitrogen and oxygen atoms in total. The minimum absolute atomic E-state index is 0.00769. The normalized spacial score (nSPS) is 11.7. The molecule has 0 aliphatic rings. The maximum atomic E-state index is 8.84. The van der Waals surface area contributed by atoms with Gasteiger partial charge >= 0.3 is 0 Å². The Labute approximate surface area is 125 Å². The van der Waals surface area contributed by atoms with Gasteiger partial charge < -0.3 is 15.7 Å². The van der Waals surface area contributed by atoms with Crippen molar-refractivity contribution >= 4 is 21.8 Å². The third kappa shape index (κ3) is 2.62. The molecule has 0 amide bonds. The van der Waals surface area contributed by atoms with E-state index in [0.717, 1.165) is 15.9 Å². The Balaban J connectivity index is 2.50. The Morgan fingerprint density at radius 2 is 2.15 bits per heavy atom. The first-order valence-corrected chi connectivity index (χ1v) is 6.68. The average molecular weight is 339 g/mol. The summed E-state index contributed by atoms with van der Waals surface area (Å²) in [6.07, 6.45) is 0. The van der Waals surface area contributed by atoms with Crippen molar-refractivity contribution in [3.05, 3.63) is 39.6 Å². The van der Waals surface area contributed by atoms with Crippen molar-refractivity contribution in [2.24, 2.45) is 17.9 Å². The zero-order chi connectivity index (χ0) is 14.9. The van der Waals surface area contributed by atoms with E-state index in [1.54, 1.807) is 22.9 Å². The molecule has 106 valence electrons. The summed E-state index contributed by atoms with van der Waals surface area (Å²) >= 11 is 3.38.